The fourth-order valence-corrected chi connectivity index (χ4v) is 3.19. The van der Waals surface area contributed by atoms with E-state index in [1.165, 1.54) is 24.0 Å². The smallest absolute Gasteiger partial charge is 0.0472 e. The summed E-state index contributed by atoms with van der Waals surface area (Å²) in [5.41, 5.74) is 2.56. The minimum atomic E-state index is 0.445. The molecule has 124 valence electrons. The number of aryl methyl sites for hydroxylation is 1. The molecule has 0 bridgehead atoms. The SMILES string of the molecule is CCCCN(C)C(CN1CCNCC1)c1ccc(Cl)c(C)c1. The van der Waals surface area contributed by atoms with E-state index in [1.54, 1.807) is 0 Å². The summed E-state index contributed by atoms with van der Waals surface area (Å²) in [7, 11) is 2.26. The lowest BCUT2D eigenvalue weighted by Gasteiger charge is -2.35. The first-order valence-corrected chi connectivity index (χ1v) is 8.89. The van der Waals surface area contributed by atoms with Gasteiger partial charge >= 0.3 is 0 Å². The van der Waals surface area contributed by atoms with Crippen molar-refractivity contribution in [3.63, 3.8) is 0 Å². The van der Waals surface area contributed by atoms with Gasteiger partial charge in [-0.15, -0.1) is 0 Å². The summed E-state index contributed by atoms with van der Waals surface area (Å²) in [6.45, 7) is 11.1. The number of nitrogens with one attached hydrogen (secondary N) is 1. The second-order valence-corrected chi connectivity index (χ2v) is 6.82. The highest BCUT2D eigenvalue weighted by atomic mass is 35.5. The van der Waals surface area contributed by atoms with E-state index in [4.69, 9.17) is 11.6 Å². The number of piperazine rings is 1. The molecule has 0 aromatic heterocycles. The van der Waals surface area contributed by atoms with Crippen molar-refractivity contribution in [2.24, 2.45) is 0 Å². The van der Waals surface area contributed by atoms with Crippen LogP contribution in [-0.2, 0) is 0 Å². The molecule has 1 N–H and O–H groups in total. The van der Waals surface area contributed by atoms with Crippen molar-refractivity contribution in [2.75, 3.05) is 46.3 Å². The molecule has 0 aliphatic carbocycles. The van der Waals surface area contributed by atoms with Crippen molar-refractivity contribution >= 4 is 11.6 Å². The standard InChI is InChI=1S/C18H30ClN3/c1-4-5-10-21(3)18(14-22-11-8-20-9-12-22)16-6-7-17(19)15(2)13-16/h6-7,13,18,20H,4-5,8-12,14H2,1-3H3. The van der Waals surface area contributed by atoms with Gasteiger partial charge < -0.3 is 5.32 Å². The Kier molecular flexibility index (Phi) is 7.16. The van der Waals surface area contributed by atoms with E-state index in [-0.39, 0.29) is 0 Å². The molecule has 1 saturated heterocycles. The van der Waals surface area contributed by atoms with Crippen LogP contribution in [0.5, 0.6) is 0 Å². The van der Waals surface area contributed by atoms with Crippen molar-refractivity contribution in [2.45, 2.75) is 32.7 Å². The highest BCUT2D eigenvalue weighted by molar-refractivity contribution is 6.31. The van der Waals surface area contributed by atoms with Crippen LogP contribution in [0.3, 0.4) is 0 Å². The van der Waals surface area contributed by atoms with E-state index in [1.807, 2.05) is 6.07 Å². The third-order valence-electron chi connectivity index (χ3n) is 4.60. The Labute approximate surface area is 140 Å². The molecule has 4 heteroatoms. The Bertz CT molecular complexity index is 458. The van der Waals surface area contributed by atoms with Crippen LogP contribution < -0.4 is 5.32 Å². The Balaban J connectivity index is 2.13. The van der Waals surface area contributed by atoms with Crippen LogP contribution in [0, 0.1) is 6.92 Å². The van der Waals surface area contributed by atoms with Crippen LogP contribution in [0.15, 0.2) is 18.2 Å². The zero-order chi connectivity index (χ0) is 15.9. The number of nitrogens with zero attached hydrogens (tertiary/aromatic N) is 2. The molecule has 22 heavy (non-hydrogen) atoms. The second-order valence-electron chi connectivity index (χ2n) is 6.41. The van der Waals surface area contributed by atoms with E-state index in [0.29, 0.717) is 6.04 Å². The first-order valence-electron chi connectivity index (χ1n) is 8.51. The van der Waals surface area contributed by atoms with Gasteiger partial charge in [-0.3, -0.25) is 9.80 Å². The van der Waals surface area contributed by atoms with Gasteiger partial charge in [-0.2, -0.15) is 0 Å². The molecule has 3 nitrogen and oxygen atoms in total. The van der Waals surface area contributed by atoms with Gasteiger partial charge in [-0.05, 0) is 44.1 Å². The number of hydrogen-bond acceptors (Lipinski definition) is 3. The summed E-state index contributed by atoms with van der Waals surface area (Å²) >= 11 is 6.21. The summed E-state index contributed by atoms with van der Waals surface area (Å²) in [6.07, 6.45) is 2.49. The summed E-state index contributed by atoms with van der Waals surface area (Å²) in [6, 6.07) is 6.95. The first-order chi connectivity index (χ1) is 10.6. The van der Waals surface area contributed by atoms with Crippen LogP contribution >= 0.6 is 11.6 Å². The molecule has 0 radical (unpaired) electrons. The number of halogens is 1. The molecule has 1 heterocycles. The number of hydrogen-bond donors (Lipinski definition) is 1. The summed E-state index contributed by atoms with van der Waals surface area (Å²) < 4.78 is 0. The fraction of sp³-hybridized carbons (Fsp3) is 0.667. The molecular weight excluding hydrogens is 294 g/mol. The minimum Gasteiger partial charge on any atom is -0.314 e. The molecule has 1 aliphatic rings. The molecule has 1 aromatic rings. The Morgan fingerprint density at radius 2 is 2.05 bits per heavy atom. The number of benzene rings is 1. The van der Waals surface area contributed by atoms with Gasteiger partial charge in [0.15, 0.2) is 0 Å². The molecule has 0 amide bonds. The molecule has 1 atom stereocenters. The lowest BCUT2D eigenvalue weighted by Crippen LogP contribution is -2.47. The van der Waals surface area contributed by atoms with E-state index < -0.39 is 0 Å². The fourth-order valence-electron chi connectivity index (χ4n) is 3.08. The third-order valence-corrected chi connectivity index (χ3v) is 5.03. The van der Waals surface area contributed by atoms with Crippen molar-refractivity contribution < 1.29 is 0 Å². The van der Waals surface area contributed by atoms with E-state index in [2.05, 4.69) is 48.1 Å². The molecular formula is C18H30ClN3. The van der Waals surface area contributed by atoms with Crippen molar-refractivity contribution in [3.05, 3.63) is 34.3 Å². The van der Waals surface area contributed by atoms with Crippen LogP contribution in [0.1, 0.15) is 36.9 Å². The Morgan fingerprint density at radius 1 is 1.32 bits per heavy atom. The monoisotopic (exact) mass is 323 g/mol. The highest BCUT2D eigenvalue weighted by Gasteiger charge is 2.21. The minimum absolute atomic E-state index is 0.445. The predicted molar refractivity (Wildman–Crippen MR) is 95.8 cm³/mol. The van der Waals surface area contributed by atoms with Crippen molar-refractivity contribution in [3.8, 4) is 0 Å². The topological polar surface area (TPSA) is 18.5 Å². The van der Waals surface area contributed by atoms with Gasteiger partial charge in [0.25, 0.3) is 0 Å². The summed E-state index contributed by atoms with van der Waals surface area (Å²) in [5.74, 6) is 0. The van der Waals surface area contributed by atoms with Gasteiger partial charge in [-0.1, -0.05) is 37.1 Å². The van der Waals surface area contributed by atoms with Crippen LogP contribution in [0.25, 0.3) is 0 Å². The zero-order valence-electron chi connectivity index (χ0n) is 14.2. The average molecular weight is 324 g/mol. The summed E-state index contributed by atoms with van der Waals surface area (Å²) in [4.78, 5) is 5.09. The zero-order valence-corrected chi connectivity index (χ0v) is 15.0. The van der Waals surface area contributed by atoms with E-state index in [0.717, 1.165) is 44.3 Å². The van der Waals surface area contributed by atoms with Gasteiger partial charge in [0, 0.05) is 43.8 Å². The normalized spacial score (nSPS) is 17.9. The predicted octanol–water partition coefficient (Wildman–Crippen LogP) is 3.33. The molecule has 2 rings (SSSR count). The van der Waals surface area contributed by atoms with Crippen LogP contribution in [0.2, 0.25) is 5.02 Å². The third kappa shape index (κ3) is 4.95. The Hall–Kier alpha value is -0.610. The second kappa shape index (κ2) is 8.88. The highest BCUT2D eigenvalue weighted by Crippen LogP contribution is 2.25. The summed E-state index contributed by atoms with van der Waals surface area (Å²) in [5, 5.41) is 4.30. The van der Waals surface area contributed by atoms with Gasteiger partial charge in [0.2, 0.25) is 0 Å². The van der Waals surface area contributed by atoms with Crippen LogP contribution in [-0.4, -0.2) is 56.1 Å². The van der Waals surface area contributed by atoms with Crippen molar-refractivity contribution in [1.82, 2.24) is 15.1 Å². The van der Waals surface area contributed by atoms with Crippen molar-refractivity contribution in [1.29, 1.82) is 0 Å². The molecule has 0 spiro atoms. The van der Waals surface area contributed by atoms with Gasteiger partial charge in [0.1, 0.15) is 0 Å². The Morgan fingerprint density at radius 3 is 2.68 bits per heavy atom. The van der Waals surface area contributed by atoms with Gasteiger partial charge in [0.05, 0.1) is 0 Å². The lowest BCUT2D eigenvalue weighted by atomic mass is 10.0. The van der Waals surface area contributed by atoms with E-state index >= 15 is 0 Å². The number of likely N-dealkylation sites (N-methyl/N-ethyl adjacent to an activating group) is 1. The number of rotatable bonds is 7. The maximum atomic E-state index is 6.21. The molecule has 1 aromatic carbocycles. The lowest BCUT2D eigenvalue weighted by molar-refractivity contribution is 0.149. The molecule has 1 fully saturated rings. The maximum Gasteiger partial charge on any atom is 0.0472 e. The van der Waals surface area contributed by atoms with Crippen LogP contribution in [0.4, 0.5) is 0 Å². The first kappa shape index (κ1) is 17.7. The number of unbranched alkanes of at least 4 members (excludes halogenated alkanes) is 1. The van der Waals surface area contributed by atoms with Gasteiger partial charge in [-0.25, -0.2) is 0 Å². The van der Waals surface area contributed by atoms with E-state index in [9.17, 15) is 0 Å². The molecule has 1 unspecified atom stereocenters. The molecule has 1 aliphatic heterocycles. The molecule has 0 saturated carbocycles. The maximum absolute atomic E-state index is 6.21. The average Bonchev–Trinajstić information content (AvgIpc) is 2.54. The largest absolute Gasteiger partial charge is 0.314 e. The quantitative estimate of drug-likeness (QED) is 0.830.